The number of para-hydroxylation sites is 2. The Labute approximate surface area is 348 Å². The summed E-state index contributed by atoms with van der Waals surface area (Å²) >= 11 is 0. The number of furan rings is 1. The normalized spacial score (nSPS) is 11.3. The summed E-state index contributed by atoms with van der Waals surface area (Å²) in [6.07, 6.45) is 0. The van der Waals surface area contributed by atoms with E-state index in [4.69, 9.17) is 14.4 Å². The second-order valence-corrected chi connectivity index (χ2v) is 15.0. The van der Waals surface area contributed by atoms with Crippen LogP contribution in [0.2, 0.25) is 0 Å². The first-order valence-electron chi connectivity index (χ1n) is 20.2. The number of anilines is 3. The van der Waals surface area contributed by atoms with Gasteiger partial charge in [0.15, 0.2) is 5.82 Å². The minimum Gasteiger partial charge on any atom is -0.455 e. The average Bonchev–Trinajstić information content (AvgIpc) is 3.72. The summed E-state index contributed by atoms with van der Waals surface area (Å²) in [5.74, 6) is 0.630. The fraction of sp³-hybridized carbons (Fsp3) is 0. The molecule has 0 radical (unpaired) electrons. The van der Waals surface area contributed by atoms with E-state index < -0.39 is 0 Å². The highest BCUT2D eigenvalue weighted by molar-refractivity contribution is 6.16. The minimum absolute atomic E-state index is 0.630. The van der Waals surface area contributed by atoms with E-state index in [1.165, 1.54) is 22.3 Å². The summed E-state index contributed by atoms with van der Waals surface area (Å²) in [5.41, 5.74) is 15.4. The van der Waals surface area contributed by atoms with E-state index in [1.54, 1.807) is 0 Å². The summed E-state index contributed by atoms with van der Waals surface area (Å²) < 4.78 is 6.73. The fourth-order valence-corrected chi connectivity index (χ4v) is 8.36. The average molecular weight is 768 g/mol. The molecule has 0 atom stereocenters. The zero-order valence-electron chi connectivity index (χ0n) is 32.6. The van der Waals surface area contributed by atoms with Gasteiger partial charge in [0.05, 0.1) is 16.8 Å². The van der Waals surface area contributed by atoms with Gasteiger partial charge in [0.2, 0.25) is 0 Å². The van der Waals surface area contributed by atoms with Gasteiger partial charge in [-0.15, -0.1) is 0 Å². The zero-order chi connectivity index (χ0) is 39.8. The van der Waals surface area contributed by atoms with Crippen LogP contribution in [-0.2, 0) is 0 Å². The van der Waals surface area contributed by atoms with Gasteiger partial charge in [0.25, 0.3) is 0 Å². The van der Waals surface area contributed by atoms with Crippen LogP contribution >= 0.6 is 0 Å². The lowest BCUT2D eigenvalue weighted by atomic mass is 9.96. The lowest BCUT2D eigenvalue weighted by Gasteiger charge is -2.26. The van der Waals surface area contributed by atoms with Crippen molar-refractivity contribution in [2.24, 2.45) is 0 Å². The number of rotatable bonds is 8. The number of hydrogen-bond acceptors (Lipinski definition) is 4. The molecule has 4 heteroatoms. The number of hydrogen-bond donors (Lipinski definition) is 0. The highest BCUT2D eigenvalue weighted by Gasteiger charge is 2.21. The molecule has 11 rings (SSSR count). The van der Waals surface area contributed by atoms with Gasteiger partial charge in [-0.05, 0) is 88.0 Å². The predicted octanol–water partition coefficient (Wildman–Crippen LogP) is 15.3. The van der Waals surface area contributed by atoms with Crippen LogP contribution in [0.5, 0.6) is 0 Å². The van der Waals surface area contributed by atoms with Gasteiger partial charge in [-0.2, -0.15) is 0 Å². The van der Waals surface area contributed by atoms with Crippen LogP contribution < -0.4 is 4.90 Å². The molecule has 0 saturated carbocycles. The van der Waals surface area contributed by atoms with Crippen molar-refractivity contribution in [1.29, 1.82) is 0 Å². The maximum absolute atomic E-state index is 6.73. The molecule has 0 aliphatic rings. The molecule has 11 aromatic rings. The lowest BCUT2D eigenvalue weighted by molar-refractivity contribution is 0.669. The summed E-state index contributed by atoms with van der Waals surface area (Å²) in [6, 6.07) is 78.6. The molecule has 0 aliphatic heterocycles. The second-order valence-electron chi connectivity index (χ2n) is 15.0. The van der Waals surface area contributed by atoms with Crippen molar-refractivity contribution in [1.82, 2.24) is 9.97 Å². The van der Waals surface area contributed by atoms with Gasteiger partial charge < -0.3 is 9.32 Å². The molecule has 0 N–H and O–H groups in total. The standard InChI is InChI=1S/C56H37N3O/c1-4-14-38(15-5-1)40-24-30-44(31-25-40)59(45-32-26-41(27-33-45)39-16-6-2-7-17-39)46-34-28-42(29-35-46)47-36-37-50(55-53(47)49-21-11-13-23-52(49)60-55)56-57-51-22-12-10-20-48(51)54(58-56)43-18-8-3-9-19-43/h1-37H. The number of aromatic nitrogens is 2. The highest BCUT2D eigenvalue weighted by Crippen LogP contribution is 2.43. The van der Waals surface area contributed by atoms with Crippen LogP contribution in [0.1, 0.15) is 0 Å². The van der Waals surface area contributed by atoms with Crippen LogP contribution in [0, 0.1) is 0 Å². The Balaban J connectivity index is 1.02. The Morgan fingerprint density at radius 2 is 0.783 bits per heavy atom. The fourth-order valence-electron chi connectivity index (χ4n) is 8.36. The van der Waals surface area contributed by atoms with Crippen LogP contribution in [-0.4, -0.2) is 9.97 Å². The number of benzene rings is 9. The van der Waals surface area contributed by atoms with Gasteiger partial charge in [-0.25, -0.2) is 9.97 Å². The Bertz CT molecular complexity index is 3190. The van der Waals surface area contributed by atoms with Gasteiger partial charge in [-0.1, -0.05) is 170 Å². The van der Waals surface area contributed by atoms with Crippen molar-refractivity contribution in [3.63, 3.8) is 0 Å². The molecule has 0 unspecified atom stereocenters. The lowest BCUT2D eigenvalue weighted by Crippen LogP contribution is -2.09. The third kappa shape index (κ3) is 6.37. The van der Waals surface area contributed by atoms with E-state index in [1.807, 2.05) is 42.5 Å². The van der Waals surface area contributed by atoms with Crippen LogP contribution in [0.15, 0.2) is 229 Å². The van der Waals surface area contributed by atoms with Gasteiger partial charge in [0, 0.05) is 38.8 Å². The van der Waals surface area contributed by atoms with Gasteiger partial charge in [-0.3, -0.25) is 0 Å². The van der Waals surface area contributed by atoms with Crippen LogP contribution in [0.3, 0.4) is 0 Å². The quantitative estimate of drug-likeness (QED) is 0.154. The topological polar surface area (TPSA) is 42.2 Å². The maximum Gasteiger partial charge on any atom is 0.164 e. The molecular formula is C56H37N3O. The SMILES string of the molecule is c1ccc(-c2ccc(N(c3ccc(-c4ccccc4)cc3)c3ccc(-c4ccc(-c5nc(-c6ccccc6)c6ccccc6n5)c5oc6ccccc6c45)cc3)cc2)cc1. The van der Waals surface area contributed by atoms with E-state index >= 15 is 0 Å². The highest BCUT2D eigenvalue weighted by atomic mass is 16.3. The molecule has 2 aromatic heterocycles. The third-order valence-corrected chi connectivity index (χ3v) is 11.3. The number of fused-ring (bicyclic) bond motifs is 4. The van der Waals surface area contributed by atoms with Crippen molar-refractivity contribution in [2.45, 2.75) is 0 Å². The van der Waals surface area contributed by atoms with Gasteiger partial charge in [0.1, 0.15) is 11.2 Å². The molecule has 2 heterocycles. The van der Waals surface area contributed by atoms with Crippen molar-refractivity contribution in [3.8, 4) is 56.0 Å². The first kappa shape index (κ1) is 35.1. The van der Waals surface area contributed by atoms with E-state index in [-0.39, 0.29) is 0 Å². The summed E-state index contributed by atoms with van der Waals surface area (Å²) in [5, 5.41) is 3.10. The van der Waals surface area contributed by atoms with E-state index in [9.17, 15) is 0 Å². The van der Waals surface area contributed by atoms with Crippen molar-refractivity contribution >= 4 is 49.9 Å². The Hall–Kier alpha value is -8.08. The van der Waals surface area contributed by atoms with Crippen molar-refractivity contribution in [2.75, 3.05) is 4.90 Å². The first-order chi connectivity index (χ1) is 29.7. The molecule has 0 aliphatic carbocycles. The Kier molecular flexibility index (Phi) is 8.79. The van der Waals surface area contributed by atoms with Crippen molar-refractivity contribution < 1.29 is 4.42 Å². The summed E-state index contributed by atoms with van der Waals surface area (Å²) in [6.45, 7) is 0. The Morgan fingerprint density at radius 3 is 1.37 bits per heavy atom. The molecule has 0 amide bonds. The van der Waals surface area contributed by atoms with Crippen molar-refractivity contribution in [3.05, 3.63) is 224 Å². The van der Waals surface area contributed by atoms with Gasteiger partial charge >= 0.3 is 0 Å². The molecule has 0 fully saturated rings. The monoisotopic (exact) mass is 767 g/mol. The molecule has 60 heavy (non-hydrogen) atoms. The van der Waals surface area contributed by atoms with E-state index in [0.717, 1.165) is 77.9 Å². The molecule has 282 valence electrons. The molecule has 4 nitrogen and oxygen atoms in total. The predicted molar refractivity (Wildman–Crippen MR) is 249 cm³/mol. The first-order valence-corrected chi connectivity index (χ1v) is 20.2. The number of nitrogens with zero attached hydrogens (tertiary/aromatic N) is 3. The largest absolute Gasteiger partial charge is 0.455 e. The maximum atomic E-state index is 6.73. The van der Waals surface area contributed by atoms with Crippen LogP contribution in [0.4, 0.5) is 17.1 Å². The summed E-state index contributed by atoms with van der Waals surface area (Å²) in [4.78, 5) is 12.7. The minimum atomic E-state index is 0.630. The smallest absolute Gasteiger partial charge is 0.164 e. The van der Waals surface area contributed by atoms with Crippen LogP contribution in [0.25, 0.3) is 88.9 Å². The molecular weight excluding hydrogens is 731 g/mol. The van der Waals surface area contributed by atoms with E-state index in [2.05, 4.69) is 187 Å². The molecule has 0 spiro atoms. The molecule has 0 bridgehead atoms. The molecule has 9 aromatic carbocycles. The Morgan fingerprint density at radius 1 is 0.333 bits per heavy atom. The summed E-state index contributed by atoms with van der Waals surface area (Å²) in [7, 11) is 0. The third-order valence-electron chi connectivity index (χ3n) is 11.3. The second kappa shape index (κ2) is 15.0. The van der Waals surface area contributed by atoms with E-state index in [0.29, 0.717) is 5.82 Å². The zero-order valence-corrected chi connectivity index (χ0v) is 32.6. The molecule has 0 saturated heterocycles.